The quantitative estimate of drug-likeness (QED) is 0.718. The van der Waals surface area contributed by atoms with Gasteiger partial charge in [-0.1, -0.05) is 19.8 Å². The Balaban J connectivity index is 1.43. The average Bonchev–Trinajstić information content (AvgIpc) is 2.84. The lowest BCUT2D eigenvalue weighted by Crippen LogP contribution is -2.34. The molecule has 0 saturated heterocycles. The predicted molar refractivity (Wildman–Crippen MR) is 78.7 cm³/mol. The van der Waals surface area contributed by atoms with Gasteiger partial charge in [0.2, 0.25) is 0 Å². The molecule has 17 heavy (non-hydrogen) atoms. The van der Waals surface area contributed by atoms with Gasteiger partial charge >= 0.3 is 0 Å². The summed E-state index contributed by atoms with van der Waals surface area (Å²) in [6, 6.07) is 0.832. The van der Waals surface area contributed by atoms with Gasteiger partial charge in [-0.2, -0.15) is 11.8 Å². The van der Waals surface area contributed by atoms with Crippen molar-refractivity contribution in [2.24, 2.45) is 11.8 Å². The van der Waals surface area contributed by atoms with Crippen molar-refractivity contribution in [3.8, 4) is 0 Å². The van der Waals surface area contributed by atoms with Gasteiger partial charge in [0.25, 0.3) is 0 Å². The van der Waals surface area contributed by atoms with Crippen LogP contribution in [-0.2, 0) is 0 Å². The predicted octanol–water partition coefficient (Wildman–Crippen LogP) is 4.08. The molecule has 2 heteroatoms. The van der Waals surface area contributed by atoms with Crippen molar-refractivity contribution >= 4 is 11.8 Å². The first-order valence-electron chi connectivity index (χ1n) is 7.65. The number of nitrogens with one attached hydrogen (secondary N) is 1. The molecule has 0 bridgehead atoms. The van der Waals surface area contributed by atoms with Crippen molar-refractivity contribution in [3.63, 3.8) is 0 Å². The van der Waals surface area contributed by atoms with E-state index in [2.05, 4.69) is 24.0 Å². The molecule has 0 aromatic rings. The van der Waals surface area contributed by atoms with E-state index in [0.717, 1.165) is 17.9 Å². The maximum absolute atomic E-state index is 3.75. The van der Waals surface area contributed by atoms with E-state index in [1.54, 1.807) is 0 Å². The van der Waals surface area contributed by atoms with E-state index in [1.165, 1.54) is 69.4 Å². The fourth-order valence-corrected chi connectivity index (χ4v) is 4.32. The minimum absolute atomic E-state index is 0.832. The van der Waals surface area contributed by atoms with Crippen molar-refractivity contribution < 1.29 is 0 Å². The van der Waals surface area contributed by atoms with Crippen LogP contribution in [0.5, 0.6) is 0 Å². The molecule has 0 heterocycles. The van der Waals surface area contributed by atoms with Crippen LogP contribution in [0.4, 0.5) is 0 Å². The normalized spacial score (nSPS) is 30.9. The highest BCUT2D eigenvalue weighted by Crippen LogP contribution is 2.27. The molecule has 0 unspecified atom stereocenters. The number of hydrogen-bond donors (Lipinski definition) is 1. The zero-order chi connectivity index (χ0) is 11.9. The second-order valence-corrected chi connectivity index (χ2v) is 7.29. The van der Waals surface area contributed by atoms with Crippen molar-refractivity contribution in [1.82, 2.24) is 5.32 Å². The largest absolute Gasteiger partial charge is 0.313 e. The zero-order valence-electron chi connectivity index (χ0n) is 11.4. The SMILES string of the molecule is CC1CCC(NCCSCC2CCCC2)CC1. The van der Waals surface area contributed by atoms with E-state index in [0.29, 0.717) is 0 Å². The monoisotopic (exact) mass is 255 g/mol. The fraction of sp³-hybridized carbons (Fsp3) is 1.00. The van der Waals surface area contributed by atoms with E-state index < -0.39 is 0 Å². The Hall–Kier alpha value is 0.310. The Morgan fingerprint density at radius 3 is 2.41 bits per heavy atom. The standard InChI is InChI=1S/C15H29NS/c1-13-6-8-15(9-7-13)16-10-11-17-12-14-4-2-3-5-14/h13-16H,2-12H2,1H3. The first-order chi connectivity index (χ1) is 8.34. The van der Waals surface area contributed by atoms with Crippen molar-refractivity contribution in [3.05, 3.63) is 0 Å². The third-order valence-corrected chi connectivity index (χ3v) is 5.72. The molecule has 0 amide bonds. The van der Waals surface area contributed by atoms with Crippen LogP contribution < -0.4 is 5.32 Å². The number of thioether (sulfide) groups is 1. The van der Waals surface area contributed by atoms with E-state index in [1.807, 2.05) is 0 Å². The molecule has 100 valence electrons. The molecule has 0 spiro atoms. The van der Waals surface area contributed by atoms with E-state index in [9.17, 15) is 0 Å². The van der Waals surface area contributed by atoms with Gasteiger partial charge in [-0.3, -0.25) is 0 Å². The highest BCUT2D eigenvalue weighted by atomic mass is 32.2. The van der Waals surface area contributed by atoms with Crippen molar-refractivity contribution in [2.45, 2.75) is 64.3 Å². The van der Waals surface area contributed by atoms with E-state index >= 15 is 0 Å². The van der Waals surface area contributed by atoms with Crippen LogP contribution in [-0.4, -0.2) is 24.1 Å². The van der Waals surface area contributed by atoms with Gasteiger partial charge in [0, 0.05) is 18.3 Å². The van der Waals surface area contributed by atoms with Crippen LogP contribution in [0.1, 0.15) is 58.3 Å². The molecule has 1 N–H and O–H groups in total. The molecule has 2 aliphatic carbocycles. The number of hydrogen-bond acceptors (Lipinski definition) is 2. The summed E-state index contributed by atoms with van der Waals surface area (Å²) in [6.07, 6.45) is 11.7. The third kappa shape index (κ3) is 5.21. The fourth-order valence-electron chi connectivity index (χ4n) is 3.23. The van der Waals surface area contributed by atoms with Crippen LogP contribution in [0.15, 0.2) is 0 Å². The lowest BCUT2D eigenvalue weighted by molar-refractivity contribution is 0.312. The van der Waals surface area contributed by atoms with Gasteiger partial charge in [0.05, 0.1) is 0 Å². The van der Waals surface area contributed by atoms with Gasteiger partial charge in [-0.05, 0) is 56.1 Å². The summed E-state index contributed by atoms with van der Waals surface area (Å²) in [5.74, 6) is 4.77. The summed E-state index contributed by atoms with van der Waals surface area (Å²) < 4.78 is 0. The van der Waals surface area contributed by atoms with Gasteiger partial charge < -0.3 is 5.32 Å². The van der Waals surface area contributed by atoms with Crippen LogP contribution >= 0.6 is 11.8 Å². The Morgan fingerprint density at radius 1 is 1.00 bits per heavy atom. The van der Waals surface area contributed by atoms with Gasteiger partial charge in [-0.15, -0.1) is 0 Å². The summed E-state index contributed by atoms with van der Waals surface area (Å²) in [4.78, 5) is 0. The highest BCUT2D eigenvalue weighted by molar-refractivity contribution is 7.99. The molecule has 2 fully saturated rings. The smallest absolute Gasteiger partial charge is 0.00675 e. The maximum atomic E-state index is 3.75. The summed E-state index contributed by atoms with van der Waals surface area (Å²) in [6.45, 7) is 3.63. The summed E-state index contributed by atoms with van der Waals surface area (Å²) >= 11 is 2.18. The molecule has 2 aliphatic rings. The van der Waals surface area contributed by atoms with Crippen LogP contribution in [0.2, 0.25) is 0 Å². The maximum Gasteiger partial charge on any atom is 0.00675 e. The zero-order valence-corrected chi connectivity index (χ0v) is 12.2. The minimum atomic E-state index is 0.832. The van der Waals surface area contributed by atoms with Gasteiger partial charge in [0.15, 0.2) is 0 Å². The first kappa shape index (κ1) is 13.7. The van der Waals surface area contributed by atoms with Crippen LogP contribution in [0.3, 0.4) is 0 Å². The summed E-state index contributed by atoms with van der Waals surface area (Å²) in [7, 11) is 0. The van der Waals surface area contributed by atoms with Gasteiger partial charge in [0.1, 0.15) is 0 Å². The Morgan fingerprint density at radius 2 is 1.71 bits per heavy atom. The molecule has 0 atom stereocenters. The topological polar surface area (TPSA) is 12.0 Å². The third-order valence-electron chi connectivity index (χ3n) is 4.52. The second kappa shape index (κ2) is 7.68. The Labute approximate surface area is 112 Å². The lowest BCUT2D eigenvalue weighted by atomic mass is 9.87. The van der Waals surface area contributed by atoms with Crippen LogP contribution in [0.25, 0.3) is 0 Å². The highest BCUT2D eigenvalue weighted by Gasteiger charge is 2.17. The lowest BCUT2D eigenvalue weighted by Gasteiger charge is -2.27. The van der Waals surface area contributed by atoms with Crippen molar-refractivity contribution in [1.29, 1.82) is 0 Å². The molecule has 0 radical (unpaired) electrons. The summed E-state index contributed by atoms with van der Waals surface area (Å²) in [5, 5.41) is 3.75. The molecule has 2 rings (SSSR count). The molecule has 0 aliphatic heterocycles. The molecule has 0 aromatic carbocycles. The Bertz CT molecular complexity index is 193. The van der Waals surface area contributed by atoms with Crippen molar-refractivity contribution in [2.75, 3.05) is 18.1 Å². The molecule has 1 nitrogen and oxygen atoms in total. The molecular weight excluding hydrogens is 226 g/mol. The summed E-state index contributed by atoms with van der Waals surface area (Å²) in [5.41, 5.74) is 0. The van der Waals surface area contributed by atoms with Crippen LogP contribution in [0, 0.1) is 11.8 Å². The number of rotatable bonds is 6. The van der Waals surface area contributed by atoms with E-state index in [-0.39, 0.29) is 0 Å². The first-order valence-corrected chi connectivity index (χ1v) is 8.81. The Kier molecular flexibility index (Phi) is 6.21. The molecule has 0 aromatic heterocycles. The molecular formula is C15H29NS. The second-order valence-electron chi connectivity index (χ2n) is 6.14. The average molecular weight is 255 g/mol. The molecule has 2 saturated carbocycles. The minimum Gasteiger partial charge on any atom is -0.313 e. The van der Waals surface area contributed by atoms with Gasteiger partial charge in [-0.25, -0.2) is 0 Å². The van der Waals surface area contributed by atoms with E-state index in [4.69, 9.17) is 0 Å².